The van der Waals surface area contributed by atoms with Crippen LogP contribution in [0.25, 0.3) is 21.4 Å². The number of thiophene rings is 1. The van der Waals surface area contributed by atoms with Gasteiger partial charge in [-0.25, -0.2) is 9.59 Å². The highest BCUT2D eigenvalue weighted by Crippen LogP contribution is 2.36. The highest BCUT2D eigenvalue weighted by Gasteiger charge is 2.25. The van der Waals surface area contributed by atoms with Crippen LogP contribution in [0.4, 0.5) is 0 Å². The lowest BCUT2D eigenvalue weighted by molar-refractivity contribution is 0.0517. The maximum absolute atomic E-state index is 13.0. The predicted octanol–water partition coefficient (Wildman–Crippen LogP) is 4.27. The highest BCUT2D eigenvalue weighted by molar-refractivity contribution is 7.21. The number of esters is 2. The van der Waals surface area contributed by atoms with Crippen molar-refractivity contribution in [2.45, 2.75) is 33.6 Å². The van der Waals surface area contributed by atoms with Gasteiger partial charge in [-0.1, -0.05) is 13.3 Å². The Morgan fingerprint density at radius 2 is 1.78 bits per heavy atom. The summed E-state index contributed by atoms with van der Waals surface area (Å²) in [6.07, 6.45) is 2.83. The molecule has 3 rings (SSSR count). The average Bonchev–Trinajstić information content (AvgIpc) is 3.11. The Kier molecular flexibility index (Phi) is 5.60. The highest BCUT2D eigenvalue weighted by atomic mass is 32.1. The van der Waals surface area contributed by atoms with Crippen LogP contribution >= 0.6 is 11.3 Å². The van der Waals surface area contributed by atoms with E-state index in [1.54, 1.807) is 19.9 Å². The number of carbonyl (C=O) groups excluding carboxylic acids is 2. The molecule has 2 aliphatic rings. The SMILES string of the molecule is CCCc1c2occ(C(=O)OCC)cc-2c(=O)c2cc(C(=O)OCC)sc12. The van der Waals surface area contributed by atoms with Crippen LogP contribution < -0.4 is 5.43 Å². The van der Waals surface area contributed by atoms with Crippen LogP contribution in [0.1, 0.15) is 52.8 Å². The molecule has 0 saturated carbocycles. The van der Waals surface area contributed by atoms with Gasteiger partial charge in [-0.05, 0) is 32.4 Å². The fourth-order valence-corrected chi connectivity index (χ4v) is 4.10. The minimum absolute atomic E-state index is 0.184. The fourth-order valence-electron chi connectivity index (χ4n) is 2.98. The van der Waals surface area contributed by atoms with Gasteiger partial charge in [0.05, 0.1) is 24.3 Å². The number of fused-ring (bicyclic) bond motifs is 2. The molecule has 0 radical (unpaired) electrons. The van der Waals surface area contributed by atoms with Crippen LogP contribution in [0.3, 0.4) is 0 Å². The molecule has 0 spiro atoms. The summed E-state index contributed by atoms with van der Waals surface area (Å²) < 4.78 is 16.5. The Balaban J connectivity index is 2.28. The number of benzene rings is 1. The second-order valence-corrected chi connectivity index (χ2v) is 6.98. The lowest BCUT2D eigenvalue weighted by Crippen LogP contribution is -2.11. The maximum Gasteiger partial charge on any atom is 0.348 e. The zero-order valence-corrected chi connectivity index (χ0v) is 16.2. The Bertz CT molecular complexity index is 1030. The van der Waals surface area contributed by atoms with E-state index < -0.39 is 11.9 Å². The minimum Gasteiger partial charge on any atom is -0.463 e. The van der Waals surface area contributed by atoms with Crippen LogP contribution in [0.15, 0.2) is 27.6 Å². The van der Waals surface area contributed by atoms with E-state index in [2.05, 4.69) is 0 Å². The Morgan fingerprint density at radius 1 is 1.07 bits per heavy atom. The van der Waals surface area contributed by atoms with Crippen molar-refractivity contribution in [3.05, 3.63) is 44.6 Å². The third kappa shape index (κ3) is 3.47. The molecule has 27 heavy (non-hydrogen) atoms. The average molecular weight is 388 g/mol. The van der Waals surface area contributed by atoms with Crippen molar-refractivity contribution in [2.75, 3.05) is 13.2 Å². The molecule has 1 aliphatic carbocycles. The molecular formula is C20H20O6S. The van der Waals surface area contributed by atoms with Gasteiger partial charge >= 0.3 is 11.9 Å². The van der Waals surface area contributed by atoms with E-state index in [0.717, 1.165) is 16.7 Å². The molecule has 1 aromatic rings. The van der Waals surface area contributed by atoms with Crippen molar-refractivity contribution in [2.24, 2.45) is 0 Å². The smallest absolute Gasteiger partial charge is 0.348 e. The standard InChI is InChI=1S/C20H20O6S/c1-4-7-12-17-13(8-11(10-26-17)19(22)24-5-2)16(21)14-9-15(27-18(12)14)20(23)25-6-3/h8-10H,4-7H2,1-3H3. The molecular weight excluding hydrogens is 368 g/mol. The van der Waals surface area contributed by atoms with Gasteiger partial charge in [0, 0.05) is 15.6 Å². The first kappa shape index (κ1) is 19.1. The predicted molar refractivity (Wildman–Crippen MR) is 103 cm³/mol. The molecule has 0 saturated heterocycles. The maximum atomic E-state index is 13.0. The van der Waals surface area contributed by atoms with E-state index in [0.29, 0.717) is 28.0 Å². The summed E-state index contributed by atoms with van der Waals surface area (Å²) in [5.41, 5.74) is 1.08. The summed E-state index contributed by atoms with van der Waals surface area (Å²) in [6.45, 7) is 5.96. The number of aryl methyl sites for hydroxylation is 1. The van der Waals surface area contributed by atoms with Crippen molar-refractivity contribution in [3.8, 4) is 11.3 Å². The second-order valence-electron chi connectivity index (χ2n) is 5.93. The summed E-state index contributed by atoms with van der Waals surface area (Å²) >= 11 is 1.23. The van der Waals surface area contributed by atoms with Crippen LogP contribution in [-0.2, 0) is 15.9 Å². The first-order chi connectivity index (χ1) is 13.0. The molecule has 142 valence electrons. The number of ether oxygens (including phenoxy) is 2. The van der Waals surface area contributed by atoms with Crippen molar-refractivity contribution in [1.82, 2.24) is 0 Å². The van der Waals surface area contributed by atoms with Gasteiger partial charge in [0.15, 0.2) is 5.43 Å². The molecule has 0 bridgehead atoms. The fraction of sp³-hybridized carbons (Fsp3) is 0.350. The number of carbonyl (C=O) groups is 2. The largest absolute Gasteiger partial charge is 0.463 e. The molecule has 1 aromatic heterocycles. The van der Waals surface area contributed by atoms with Crippen LogP contribution in [0, 0.1) is 0 Å². The number of hydrogen-bond acceptors (Lipinski definition) is 7. The molecule has 0 amide bonds. The van der Waals surface area contributed by atoms with E-state index in [1.807, 2.05) is 6.92 Å². The van der Waals surface area contributed by atoms with Crippen LogP contribution in [-0.4, -0.2) is 25.2 Å². The molecule has 0 fully saturated rings. The summed E-state index contributed by atoms with van der Waals surface area (Å²) in [4.78, 5) is 37.5. The zero-order valence-electron chi connectivity index (χ0n) is 15.4. The van der Waals surface area contributed by atoms with Gasteiger partial charge in [-0.3, -0.25) is 4.79 Å². The summed E-state index contributed by atoms with van der Waals surface area (Å²) in [5, 5.41) is 0.440. The van der Waals surface area contributed by atoms with Gasteiger partial charge in [-0.2, -0.15) is 0 Å². The first-order valence-electron chi connectivity index (χ1n) is 8.86. The Morgan fingerprint density at radius 3 is 2.44 bits per heavy atom. The van der Waals surface area contributed by atoms with Gasteiger partial charge < -0.3 is 13.9 Å². The Labute approximate surface area is 160 Å². The third-order valence-electron chi connectivity index (χ3n) is 4.11. The lowest BCUT2D eigenvalue weighted by Gasteiger charge is -2.12. The molecule has 0 N–H and O–H groups in total. The van der Waals surface area contributed by atoms with Gasteiger partial charge in [-0.15, -0.1) is 11.3 Å². The van der Waals surface area contributed by atoms with E-state index in [-0.39, 0.29) is 24.2 Å². The van der Waals surface area contributed by atoms with Crippen molar-refractivity contribution < 1.29 is 23.5 Å². The number of rotatable bonds is 6. The quantitative estimate of drug-likeness (QED) is 0.587. The normalized spacial score (nSPS) is 11.1. The zero-order chi connectivity index (χ0) is 19.6. The summed E-state index contributed by atoms with van der Waals surface area (Å²) in [7, 11) is 0. The van der Waals surface area contributed by atoms with Crippen molar-refractivity contribution in [1.29, 1.82) is 0 Å². The Hall–Kier alpha value is -2.67. The molecule has 2 heterocycles. The number of hydrogen-bond donors (Lipinski definition) is 0. The van der Waals surface area contributed by atoms with Gasteiger partial charge in [0.1, 0.15) is 16.9 Å². The molecule has 1 aliphatic heterocycles. The van der Waals surface area contributed by atoms with E-state index in [9.17, 15) is 14.4 Å². The molecule has 7 heteroatoms. The van der Waals surface area contributed by atoms with Gasteiger partial charge in [0.2, 0.25) is 0 Å². The molecule has 0 atom stereocenters. The summed E-state index contributed by atoms with van der Waals surface area (Å²) in [6, 6.07) is 3.06. The topological polar surface area (TPSA) is 82.8 Å². The third-order valence-corrected chi connectivity index (χ3v) is 5.28. The second kappa shape index (κ2) is 7.92. The van der Waals surface area contributed by atoms with E-state index in [4.69, 9.17) is 13.9 Å². The van der Waals surface area contributed by atoms with E-state index >= 15 is 0 Å². The first-order valence-corrected chi connectivity index (χ1v) is 9.68. The summed E-state index contributed by atoms with van der Waals surface area (Å²) in [5.74, 6) is -0.550. The van der Waals surface area contributed by atoms with Crippen LogP contribution in [0.5, 0.6) is 0 Å². The minimum atomic E-state index is -0.544. The van der Waals surface area contributed by atoms with Crippen molar-refractivity contribution in [3.63, 3.8) is 0 Å². The monoisotopic (exact) mass is 388 g/mol. The lowest BCUT2D eigenvalue weighted by atomic mass is 9.97. The van der Waals surface area contributed by atoms with E-state index in [1.165, 1.54) is 23.7 Å². The van der Waals surface area contributed by atoms with Crippen LogP contribution in [0.2, 0.25) is 0 Å². The molecule has 0 unspecified atom stereocenters. The van der Waals surface area contributed by atoms with Crippen molar-refractivity contribution >= 4 is 33.4 Å². The molecule has 0 aromatic carbocycles. The molecule has 6 nitrogen and oxygen atoms in total. The van der Waals surface area contributed by atoms with Gasteiger partial charge in [0.25, 0.3) is 0 Å².